The number of carbonyl (C=O) groups excluding carboxylic acids is 1. The summed E-state index contributed by atoms with van der Waals surface area (Å²) < 4.78 is 5.39. The van der Waals surface area contributed by atoms with Crippen LogP contribution in [0.4, 0.5) is 0 Å². The molecule has 0 radical (unpaired) electrons. The molecule has 0 heterocycles. The van der Waals surface area contributed by atoms with Gasteiger partial charge in [0.25, 0.3) is 0 Å². The molecular formula is C15H22N2O2. The van der Waals surface area contributed by atoms with Crippen molar-refractivity contribution in [1.82, 2.24) is 10.6 Å². The van der Waals surface area contributed by atoms with Gasteiger partial charge in [-0.15, -0.1) is 0 Å². The number of rotatable bonds is 6. The van der Waals surface area contributed by atoms with Crippen LogP contribution < -0.4 is 15.4 Å². The first-order valence-corrected chi connectivity index (χ1v) is 6.81. The predicted octanol–water partition coefficient (Wildman–Crippen LogP) is 1.67. The molecule has 0 atom stereocenters. The second kappa shape index (κ2) is 6.57. The molecule has 1 aromatic carbocycles. The van der Waals surface area contributed by atoms with Crippen molar-refractivity contribution in [3.05, 3.63) is 29.8 Å². The molecule has 104 valence electrons. The van der Waals surface area contributed by atoms with E-state index in [0.717, 1.165) is 25.1 Å². The van der Waals surface area contributed by atoms with Crippen LogP contribution in [-0.4, -0.2) is 32.1 Å². The molecule has 1 fully saturated rings. The van der Waals surface area contributed by atoms with E-state index in [4.69, 9.17) is 4.74 Å². The summed E-state index contributed by atoms with van der Waals surface area (Å²) in [4.78, 5) is 10.7. The molecule has 1 aromatic rings. The van der Waals surface area contributed by atoms with Crippen molar-refractivity contribution >= 4 is 5.91 Å². The average Bonchev–Trinajstić information content (AvgIpc) is 2.36. The fourth-order valence-corrected chi connectivity index (χ4v) is 2.56. The highest BCUT2D eigenvalue weighted by Crippen LogP contribution is 2.40. The second-order valence-electron chi connectivity index (χ2n) is 5.04. The van der Waals surface area contributed by atoms with Gasteiger partial charge in [0.1, 0.15) is 5.75 Å². The Hall–Kier alpha value is -1.55. The van der Waals surface area contributed by atoms with Gasteiger partial charge in [-0.2, -0.15) is 0 Å². The molecule has 1 aliphatic rings. The van der Waals surface area contributed by atoms with E-state index >= 15 is 0 Å². The quantitative estimate of drug-likeness (QED) is 0.767. The molecular weight excluding hydrogens is 240 g/mol. The monoisotopic (exact) mass is 262 g/mol. The molecule has 0 spiro atoms. The van der Waals surface area contributed by atoms with Gasteiger partial charge in [-0.05, 0) is 30.4 Å². The molecule has 4 heteroatoms. The number of hydrogen-bond donors (Lipinski definition) is 2. The largest absolute Gasteiger partial charge is 0.496 e. The molecule has 1 amide bonds. The summed E-state index contributed by atoms with van der Waals surface area (Å²) in [5.41, 5.74) is 1.31. The van der Waals surface area contributed by atoms with E-state index in [0.29, 0.717) is 18.5 Å². The molecule has 0 saturated heterocycles. The van der Waals surface area contributed by atoms with Crippen LogP contribution in [0, 0.1) is 0 Å². The lowest BCUT2D eigenvalue weighted by Gasteiger charge is -2.37. The summed E-state index contributed by atoms with van der Waals surface area (Å²) in [7, 11) is 1.72. The lowest BCUT2D eigenvalue weighted by Crippen LogP contribution is -2.43. The van der Waals surface area contributed by atoms with Gasteiger partial charge in [-0.1, -0.05) is 18.2 Å². The molecule has 0 aromatic heterocycles. The first-order valence-electron chi connectivity index (χ1n) is 6.81. The first-order chi connectivity index (χ1) is 9.20. The smallest absolute Gasteiger partial charge is 0.216 e. The molecule has 1 saturated carbocycles. The zero-order valence-corrected chi connectivity index (χ0v) is 11.6. The summed E-state index contributed by atoms with van der Waals surface area (Å²) in [5, 5.41) is 6.24. The maximum Gasteiger partial charge on any atom is 0.216 e. The number of amides is 1. The maximum atomic E-state index is 10.7. The van der Waals surface area contributed by atoms with Gasteiger partial charge in [0.15, 0.2) is 0 Å². The molecule has 2 rings (SSSR count). The average molecular weight is 262 g/mol. The van der Waals surface area contributed by atoms with Crippen LogP contribution in [-0.2, 0) is 4.79 Å². The zero-order chi connectivity index (χ0) is 13.7. The maximum absolute atomic E-state index is 10.7. The summed E-state index contributed by atoms with van der Waals surface area (Å²) >= 11 is 0. The van der Waals surface area contributed by atoms with Crippen molar-refractivity contribution in [3.63, 3.8) is 0 Å². The molecule has 1 aliphatic carbocycles. The number of benzene rings is 1. The summed E-state index contributed by atoms with van der Waals surface area (Å²) in [6, 6.07) is 8.80. The minimum absolute atomic E-state index is 0.0299. The molecule has 19 heavy (non-hydrogen) atoms. The molecule has 4 nitrogen and oxygen atoms in total. The van der Waals surface area contributed by atoms with Gasteiger partial charge >= 0.3 is 0 Å². The zero-order valence-electron chi connectivity index (χ0n) is 11.6. The van der Waals surface area contributed by atoms with Crippen molar-refractivity contribution in [2.75, 3.05) is 20.2 Å². The number of ether oxygens (including phenoxy) is 1. The number of nitrogens with one attached hydrogen (secondary N) is 2. The number of para-hydroxylation sites is 1. The predicted molar refractivity (Wildman–Crippen MR) is 75.4 cm³/mol. The van der Waals surface area contributed by atoms with Crippen LogP contribution in [0.15, 0.2) is 24.3 Å². The number of hydrogen-bond acceptors (Lipinski definition) is 3. The Morgan fingerprint density at radius 3 is 2.74 bits per heavy atom. The number of carbonyl (C=O) groups is 1. The SMILES string of the molecule is COc1ccccc1C1CC(NCCNC(C)=O)C1. The Labute approximate surface area is 114 Å². The van der Waals surface area contributed by atoms with E-state index in [1.54, 1.807) is 14.0 Å². The van der Waals surface area contributed by atoms with E-state index in [-0.39, 0.29) is 5.91 Å². The van der Waals surface area contributed by atoms with Crippen molar-refractivity contribution in [1.29, 1.82) is 0 Å². The number of methoxy groups -OCH3 is 1. The normalized spacial score (nSPS) is 21.6. The minimum Gasteiger partial charge on any atom is -0.496 e. The highest BCUT2D eigenvalue weighted by Gasteiger charge is 2.31. The van der Waals surface area contributed by atoms with Gasteiger partial charge in [0.05, 0.1) is 7.11 Å². The van der Waals surface area contributed by atoms with Crippen LogP contribution in [0.2, 0.25) is 0 Å². The minimum atomic E-state index is 0.0299. The molecule has 0 bridgehead atoms. The molecule has 0 aliphatic heterocycles. The van der Waals surface area contributed by atoms with E-state index in [1.165, 1.54) is 5.56 Å². The van der Waals surface area contributed by atoms with E-state index in [9.17, 15) is 4.79 Å². The Balaban J connectivity index is 1.72. The highest BCUT2D eigenvalue weighted by molar-refractivity contribution is 5.72. The van der Waals surface area contributed by atoms with Crippen LogP contribution in [0.25, 0.3) is 0 Å². The van der Waals surface area contributed by atoms with Crippen molar-refractivity contribution in [2.45, 2.75) is 31.7 Å². The summed E-state index contributed by atoms with van der Waals surface area (Å²) in [6.07, 6.45) is 2.28. The summed E-state index contributed by atoms with van der Waals surface area (Å²) in [6.45, 7) is 3.08. The second-order valence-corrected chi connectivity index (χ2v) is 5.04. The Bertz CT molecular complexity index is 428. The van der Waals surface area contributed by atoms with Crippen molar-refractivity contribution in [2.24, 2.45) is 0 Å². The Morgan fingerprint density at radius 2 is 2.05 bits per heavy atom. The highest BCUT2D eigenvalue weighted by atomic mass is 16.5. The van der Waals surface area contributed by atoms with Gasteiger partial charge in [-0.25, -0.2) is 0 Å². The van der Waals surface area contributed by atoms with Crippen LogP contribution in [0.5, 0.6) is 5.75 Å². The van der Waals surface area contributed by atoms with Gasteiger partial charge in [-0.3, -0.25) is 4.79 Å². The van der Waals surface area contributed by atoms with Crippen LogP contribution in [0.3, 0.4) is 0 Å². The van der Waals surface area contributed by atoms with E-state index in [2.05, 4.69) is 22.8 Å². The van der Waals surface area contributed by atoms with Gasteiger partial charge < -0.3 is 15.4 Å². The third kappa shape index (κ3) is 3.70. The topological polar surface area (TPSA) is 50.4 Å². The Morgan fingerprint density at radius 1 is 1.32 bits per heavy atom. The third-order valence-corrected chi connectivity index (χ3v) is 3.65. The molecule has 2 N–H and O–H groups in total. The summed E-state index contributed by atoms with van der Waals surface area (Å²) in [5.74, 6) is 1.61. The molecule has 0 unspecified atom stereocenters. The lowest BCUT2D eigenvalue weighted by molar-refractivity contribution is -0.118. The third-order valence-electron chi connectivity index (χ3n) is 3.65. The van der Waals surface area contributed by atoms with E-state index in [1.807, 2.05) is 12.1 Å². The van der Waals surface area contributed by atoms with Gasteiger partial charge in [0, 0.05) is 26.1 Å². The van der Waals surface area contributed by atoms with Gasteiger partial charge in [0.2, 0.25) is 5.91 Å². The lowest BCUT2D eigenvalue weighted by atomic mass is 9.75. The van der Waals surface area contributed by atoms with Crippen LogP contribution >= 0.6 is 0 Å². The van der Waals surface area contributed by atoms with Crippen molar-refractivity contribution in [3.8, 4) is 5.75 Å². The van der Waals surface area contributed by atoms with Crippen LogP contribution in [0.1, 0.15) is 31.2 Å². The van der Waals surface area contributed by atoms with E-state index < -0.39 is 0 Å². The van der Waals surface area contributed by atoms with Crippen molar-refractivity contribution < 1.29 is 9.53 Å². The fraction of sp³-hybridized carbons (Fsp3) is 0.533. The standard InChI is InChI=1S/C15H22N2O2/c1-11(18)16-7-8-17-13-9-12(10-13)14-5-3-4-6-15(14)19-2/h3-6,12-13,17H,7-10H2,1-2H3,(H,16,18). The Kier molecular flexibility index (Phi) is 4.80. The fourth-order valence-electron chi connectivity index (χ4n) is 2.56. The first kappa shape index (κ1) is 13.9.